The van der Waals surface area contributed by atoms with Crippen LogP contribution in [0.25, 0.3) is 0 Å². The standard InChI is InChI=1S/C18H20BrN/c19-17-9-5-13(6-10-17)11-18(20)16-8-7-14-3-1-2-4-15(14)12-16/h5-10,12,18H,1-4,11,20H2. The van der Waals surface area contributed by atoms with E-state index in [1.807, 2.05) is 0 Å². The van der Waals surface area contributed by atoms with Gasteiger partial charge in [-0.15, -0.1) is 0 Å². The van der Waals surface area contributed by atoms with Gasteiger partial charge in [-0.25, -0.2) is 0 Å². The minimum absolute atomic E-state index is 0.0865. The van der Waals surface area contributed by atoms with Crippen LogP contribution in [0.1, 0.15) is 41.1 Å². The zero-order valence-electron chi connectivity index (χ0n) is 11.6. The molecule has 0 bridgehead atoms. The van der Waals surface area contributed by atoms with Gasteiger partial charge in [0.15, 0.2) is 0 Å². The van der Waals surface area contributed by atoms with Crippen LogP contribution in [-0.4, -0.2) is 0 Å². The minimum Gasteiger partial charge on any atom is -0.324 e. The van der Waals surface area contributed by atoms with Gasteiger partial charge >= 0.3 is 0 Å². The Morgan fingerprint density at radius 1 is 0.950 bits per heavy atom. The Bertz CT molecular complexity index is 589. The molecule has 104 valence electrons. The van der Waals surface area contributed by atoms with Crippen molar-refractivity contribution in [3.8, 4) is 0 Å². The summed E-state index contributed by atoms with van der Waals surface area (Å²) < 4.78 is 1.11. The van der Waals surface area contributed by atoms with Crippen LogP contribution in [-0.2, 0) is 19.3 Å². The van der Waals surface area contributed by atoms with E-state index in [2.05, 4.69) is 58.4 Å². The Morgan fingerprint density at radius 2 is 1.65 bits per heavy atom. The zero-order valence-corrected chi connectivity index (χ0v) is 13.2. The van der Waals surface area contributed by atoms with Gasteiger partial charge in [-0.2, -0.15) is 0 Å². The molecule has 0 aromatic heterocycles. The van der Waals surface area contributed by atoms with Gasteiger partial charge in [-0.05, 0) is 66.5 Å². The number of benzene rings is 2. The smallest absolute Gasteiger partial charge is 0.0335 e. The van der Waals surface area contributed by atoms with Crippen LogP contribution in [0, 0.1) is 0 Å². The molecule has 1 aliphatic carbocycles. The third kappa shape index (κ3) is 3.13. The van der Waals surface area contributed by atoms with Crippen LogP contribution in [0.15, 0.2) is 46.9 Å². The predicted octanol–water partition coefficient (Wildman–Crippen LogP) is 4.57. The molecule has 3 rings (SSSR count). The molecule has 0 saturated heterocycles. The first-order valence-corrected chi connectivity index (χ1v) is 8.13. The average molecular weight is 330 g/mol. The summed E-state index contributed by atoms with van der Waals surface area (Å²) in [4.78, 5) is 0. The van der Waals surface area contributed by atoms with Crippen LogP contribution in [0.4, 0.5) is 0 Å². The lowest BCUT2D eigenvalue weighted by molar-refractivity contribution is 0.675. The summed E-state index contributed by atoms with van der Waals surface area (Å²) in [5.41, 5.74) is 12.0. The van der Waals surface area contributed by atoms with Crippen LogP contribution < -0.4 is 5.73 Å². The van der Waals surface area contributed by atoms with Gasteiger partial charge < -0.3 is 5.73 Å². The van der Waals surface area contributed by atoms with E-state index in [4.69, 9.17) is 5.73 Å². The summed E-state index contributed by atoms with van der Waals surface area (Å²) in [5.74, 6) is 0. The second-order valence-electron chi connectivity index (χ2n) is 5.67. The topological polar surface area (TPSA) is 26.0 Å². The fourth-order valence-electron chi connectivity index (χ4n) is 2.98. The lowest BCUT2D eigenvalue weighted by Gasteiger charge is -2.19. The van der Waals surface area contributed by atoms with Crippen LogP contribution in [0.5, 0.6) is 0 Å². The normalized spacial score (nSPS) is 15.7. The van der Waals surface area contributed by atoms with Gasteiger partial charge in [0, 0.05) is 10.5 Å². The maximum absolute atomic E-state index is 6.39. The van der Waals surface area contributed by atoms with Crippen molar-refractivity contribution in [3.63, 3.8) is 0 Å². The lowest BCUT2D eigenvalue weighted by Crippen LogP contribution is -2.14. The Balaban J connectivity index is 1.76. The van der Waals surface area contributed by atoms with E-state index in [-0.39, 0.29) is 6.04 Å². The molecular formula is C18H20BrN. The Labute approximate surface area is 129 Å². The van der Waals surface area contributed by atoms with E-state index < -0.39 is 0 Å². The number of hydrogen-bond acceptors (Lipinski definition) is 1. The molecule has 0 radical (unpaired) electrons. The third-order valence-corrected chi connectivity index (χ3v) is 4.70. The first-order chi connectivity index (χ1) is 9.72. The van der Waals surface area contributed by atoms with Gasteiger partial charge in [0.05, 0.1) is 0 Å². The molecule has 0 fully saturated rings. The Kier molecular flexibility index (Phi) is 4.23. The number of aryl methyl sites for hydroxylation is 2. The molecule has 1 atom stereocenters. The maximum Gasteiger partial charge on any atom is 0.0335 e. The van der Waals surface area contributed by atoms with Gasteiger partial charge in [-0.1, -0.05) is 46.3 Å². The van der Waals surface area contributed by atoms with E-state index >= 15 is 0 Å². The quantitative estimate of drug-likeness (QED) is 0.876. The van der Waals surface area contributed by atoms with Gasteiger partial charge in [0.1, 0.15) is 0 Å². The molecule has 2 aromatic carbocycles. The molecule has 2 aromatic rings. The van der Waals surface area contributed by atoms with Crippen molar-refractivity contribution in [2.45, 2.75) is 38.1 Å². The zero-order chi connectivity index (χ0) is 13.9. The van der Waals surface area contributed by atoms with Crippen LogP contribution in [0.3, 0.4) is 0 Å². The van der Waals surface area contributed by atoms with Crippen molar-refractivity contribution >= 4 is 15.9 Å². The predicted molar refractivity (Wildman–Crippen MR) is 87.9 cm³/mol. The summed E-state index contributed by atoms with van der Waals surface area (Å²) in [6.07, 6.45) is 5.99. The molecule has 0 saturated carbocycles. The highest BCUT2D eigenvalue weighted by Gasteiger charge is 2.13. The van der Waals surface area contributed by atoms with Crippen molar-refractivity contribution in [3.05, 3.63) is 69.2 Å². The van der Waals surface area contributed by atoms with Crippen molar-refractivity contribution in [1.29, 1.82) is 0 Å². The molecule has 0 heterocycles. The molecule has 20 heavy (non-hydrogen) atoms. The molecule has 1 nitrogen and oxygen atoms in total. The summed E-state index contributed by atoms with van der Waals surface area (Å²) in [5, 5.41) is 0. The molecule has 0 spiro atoms. The van der Waals surface area contributed by atoms with Gasteiger partial charge in [0.2, 0.25) is 0 Å². The van der Waals surface area contributed by atoms with E-state index in [1.165, 1.54) is 47.9 Å². The largest absolute Gasteiger partial charge is 0.324 e. The molecule has 0 amide bonds. The summed E-state index contributed by atoms with van der Waals surface area (Å²) in [6.45, 7) is 0. The van der Waals surface area contributed by atoms with Gasteiger partial charge in [-0.3, -0.25) is 0 Å². The first kappa shape index (κ1) is 13.8. The number of rotatable bonds is 3. The number of fused-ring (bicyclic) bond motifs is 1. The number of hydrogen-bond donors (Lipinski definition) is 1. The van der Waals surface area contributed by atoms with E-state index in [9.17, 15) is 0 Å². The summed E-state index contributed by atoms with van der Waals surface area (Å²) >= 11 is 3.47. The van der Waals surface area contributed by atoms with Gasteiger partial charge in [0.25, 0.3) is 0 Å². The average Bonchev–Trinajstić information content (AvgIpc) is 2.49. The molecule has 2 N–H and O–H groups in total. The van der Waals surface area contributed by atoms with Crippen molar-refractivity contribution in [2.75, 3.05) is 0 Å². The molecule has 2 heteroatoms. The van der Waals surface area contributed by atoms with Crippen LogP contribution >= 0.6 is 15.9 Å². The lowest BCUT2D eigenvalue weighted by atomic mass is 9.88. The van der Waals surface area contributed by atoms with E-state index in [0.717, 1.165) is 10.9 Å². The first-order valence-electron chi connectivity index (χ1n) is 7.34. The molecule has 0 aliphatic heterocycles. The fourth-order valence-corrected chi connectivity index (χ4v) is 3.24. The summed E-state index contributed by atoms with van der Waals surface area (Å²) in [7, 11) is 0. The minimum atomic E-state index is 0.0865. The fraction of sp³-hybridized carbons (Fsp3) is 0.333. The highest BCUT2D eigenvalue weighted by molar-refractivity contribution is 9.10. The number of halogens is 1. The third-order valence-electron chi connectivity index (χ3n) is 4.17. The van der Waals surface area contributed by atoms with Crippen LogP contribution in [0.2, 0.25) is 0 Å². The van der Waals surface area contributed by atoms with E-state index in [0.29, 0.717) is 0 Å². The highest BCUT2D eigenvalue weighted by atomic mass is 79.9. The number of nitrogens with two attached hydrogens (primary N) is 1. The second kappa shape index (κ2) is 6.11. The van der Waals surface area contributed by atoms with E-state index in [1.54, 1.807) is 0 Å². The monoisotopic (exact) mass is 329 g/mol. The second-order valence-corrected chi connectivity index (χ2v) is 6.59. The molecule has 1 unspecified atom stereocenters. The SMILES string of the molecule is NC(Cc1ccc(Br)cc1)c1ccc2c(c1)CCCC2. The Morgan fingerprint density at radius 3 is 2.40 bits per heavy atom. The van der Waals surface area contributed by atoms with Crippen molar-refractivity contribution in [1.82, 2.24) is 0 Å². The molecular weight excluding hydrogens is 310 g/mol. The molecule has 1 aliphatic rings. The Hall–Kier alpha value is -1.12. The van der Waals surface area contributed by atoms with Crippen molar-refractivity contribution < 1.29 is 0 Å². The van der Waals surface area contributed by atoms with Crippen molar-refractivity contribution in [2.24, 2.45) is 5.73 Å². The maximum atomic E-state index is 6.39. The summed E-state index contributed by atoms with van der Waals surface area (Å²) in [6, 6.07) is 15.4. The highest BCUT2D eigenvalue weighted by Crippen LogP contribution is 2.25.